The summed E-state index contributed by atoms with van der Waals surface area (Å²) in [7, 11) is 0. The minimum atomic E-state index is -0.448. The van der Waals surface area contributed by atoms with Crippen LogP contribution in [0.25, 0.3) is 0 Å². The van der Waals surface area contributed by atoms with Gasteiger partial charge in [-0.2, -0.15) is 0 Å². The Labute approximate surface area is 139 Å². The molecule has 0 radical (unpaired) electrons. The van der Waals surface area contributed by atoms with Crippen LogP contribution in [-0.4, -0.2) is 16.3 Å². The zero-order chi connectivity index (χ0) is 16.7. The van der Waals surface area contributed by atoms with Crippen molar-refractivity contribution in [3.8, 4) is 5.75 Å². The largest absolute Gasteiger partial charge is 0.507 e. The molecule has 0 aliphatic heterocycles. The fourth-order valence-corrected chi connectivity index (χ4v) is 2.98. The number of aliphatic hydroxyl groups excluding tert-OH is 1. The highest BCUT2D eigenvalue weighted by atomic mass is 16.3. The summed E-state index contributed by atoms with van der Waals surface area (Å²) < 4.78 is 0. The average molecular weight is 312 g/mol. The van der Waals surface area contributed by atoms with Gasteiger partial charge in [-0.15, -0.1) is 0 Å². The summed E-state index contributed by atoms with van der Waals surface area (Å²) in [6, 6.07) is 14.4. The number of aliphatic hydroxyl groups is 1. The van der Waals surface area contributed by atoms with Crippen molar-refractivity contribution in [3.05, 3.63) is 64.7 Å². The zero-order valence-corrected chi connectivity index (χ0v) is 14.3. The predicted molar refractivity (Wildman–Crippen MR) is 96.0 cm³/mol. The zero-order valence-electron chi connectivity index (χ0n) is 14.3. The second-order valence-corrected chi connectivity index (χ2v) is 6.44. The lowest BCUT2D eigenvalue weighted by Gasteiger charge is -2.15. The summed E-state index contributed by atoms with van der Waals surface area (Å²) >= 11 is 0. The first-order chi connectivity index (χ1) is 11.1. The van der Waals surface area contributed by atoms with Gasteiger partial charge in [0.15, 0.2) is 0 Å². The van der Waals surface area contributed by atoms with E-state index < -0.39 is 6.10 Å². The molecule has 2 heteroatoms. The highest BCUT2D eigenvalue weighted by Gasteiger charge is 2.12. The third-order valence-corrected chi connectivity index (χ3v) is 4.15. The van der Waals surface area contributed by atoms with Crippen LogP contribution in [0.2, 0.25) is 0 Å². The Bertz CT molecular complexity index is 603. The molecule has 1 unspecified atom stereocenters. The van der Waals surface area contributed by atoms with Crippen molar-refractivity contribution in [1.29, 1.82) is 0 Å². The fraction of sp³-hybridized carbons (Fsp3) is 0.429. The molecular formula is C21H28O2. The highest BCUT2D eigenvalue weighted by molar-refractivity contribution is 5.46. The number of phenolic OH excluding ortho intramolecular Hbond substituents is 1. The minimum Gasteiger partial charge on any atom is -0.507 e. The summed E-state index contributed by atoms with van der Waals surface area (Å²) in [5.74, 6) is 0.342. The lowest BCUT2D eigenvalue weighted by atomic mass is 9.94. The van der Waals surface area contributed by atoms with Gasteiger partial charge in [0.05, 0.1) is 6.10 Å². The summed E-state index contributed by atoms with van der Waals surface area (Å²) in [6.45, 7) is 3.97. The molecule has 124 valence electrons. The molecule has 0 bridgehead atoms. The van der Waals surface area contributed by atoms with Crippen LogP contribution >= 0.6 is 0 Å². The van der Waals surface area contributed by atoms with Crippen LogP contribution in [0.3, 0.4) is 0 Å². The van der Waals surface area contributed by atoms with E-state index in [0.717, 1.165) is 24.0 Å². The summed E-state index contributed by atoms with van der Waals surface area (Å²) in [6.07, 6.45) is 5.39. The molecule has 1 atom stereocenters. The molecule has 0 spiro atoms. The van der Waals surface area contributed by atoms with E-state index in [1.54, 1.807) is 6.92 Å². The second-order valence-electron chi connectivity index (χ2n) is 6.44. The maximum Gasteiger partial charge on any atom is 0.122 e. The van der Waals surface area contributed by atoms with Crippen LogP contribution < -0.4 is 0 Å². The van der Waals surface area contributed by atoms with Crippen molar-refractivity contribution in [2.75, 3.05) is 0 Å². The van der Waals surface area contributed by atoms with Crippen molar-refractivity contribution < 1.29 is 10.2 Å². The molecule has 2 nitrogen and oxygen atoms in total. The number of hydrogen-bond acceptors (Lipinski definition) is 2. The second kappa shape index (κ2) is 8.73. The quantitative estimate of drug-likeness (QED) is 0.697. The van der Waals surface area contributed by atoms with Crippen molar-refractivity contribution in [2.24, 2.45) is 0 Å². The number of rotatable bonds is 8. The third kappa shape index (κ3) is 5.40. The van der Waals surface area contributed by atoms with Gasteiger partial charge in [0.2, 0.25) is 0 Å². The van der Waals surface area contributed by atoms with Crippen LogP contribution in [0.5, 0.6) is 5.75 Å². The average Bonchev–Trinajstić information content (AvgIpc) is 2.52. The van der Waals surface area contributed by atoms with Crippen molar-refractivity contribution in [3.63, 3.8) is 0 Å². The van der Waals surface area contributed by atoms with Crippen LogP contribution in [0.15, 0.2) is 42.5 Å². The highest BCUT2D eigenvalue weighted by Crippen LogP contribution is 2.29. The topological polar surface area (TPSA) is 40.5 Å². The lowest BCUT2D eigenvalue weighted by Crippen LogP contribution is -2.06. The van der Waals surface area contributed by atoms with Crippen molar-refractivity contribution in [2.45, 2.75) is 58.5 Å². The molecule has 0 aromatic heterocycles. The van der Waals surface area contributed by atoms with Crippen LogP contribution in [0, 0.1) is 0 Å². The number of aryl methyl sites for hydroxylation is 1. The van der Waals surface area contributed by atoms with E-state index in [4.69, 9.17) is 0 Å². The fourth-order valence-electron chi connectivity index (χ4n) is 2.98. The molecule has 0 saturated heterocycles. The Morgan fingerprint density at radius 2 is 1.65 bits per heavy atom. The van der Waals surface area contributed by atoms with E-state index in [0.29, 0.717) is 12.2 Å². The molecule has 2 N–H and O–H groups in total. The standard InChI is InChI=1S/C21H28O2/c1-3-4-6-11-18-14-19(12-16(2)22)21(23)20(15-18)13-17-9-7-5-8-10-17/h5,7-10,14-16,22-23H,3-4,6,11-13H2,1-2H3. The van der Waals surface area contributed by atoms with Gasteiger partial charge in [-0.25, -0.2) is 0 Å². The SMILES string of the molecule is CCCCCc1cc(Cc2ccccc2)c(O)c(CC(C)O)c1. The summed E-state index contributed by atoms with van der Waals surface area (Å²) in [5.41, 5.74) is 4.27. The molecule has 0 aliphatic rings. The van der Waals surface area contributed by atoms with Crippen molar-refractivity contribution >= 4 is 0 Å². The van der Waals surface area contributed by atoms with Gasteiger partial charge < -0.3 is 10.2 Å². The maximum absolute atomic E-state index is 10.6. The Balaban J connectivity index is 2.28. The molecule has 0 aliphatic carbocycles. The molecular weight excluding hydrogens is 284 g/mol. The number of phenols is 1. The van der Waals surface area contributed by atoms with Gasteiger partial charge in [0.1, 0.15) is 5.75 Å². The first-order valence-electron chi connectivity index (χ1n) is 8.65. The van der Waals surface area contributed by atoms with Gasteiger partial charge in [0, 0.05) is 12.8 Å². The van der Waals surface area contributed by atoms with E-state index in [-0.39, 0.29) is 0 Å². The molecule has 2 rings (SSSR count). The number of benzene rings is 2. The molecule has 2 aromatic rings. The molecule has 2 aromatic carbocycles. The Hall–Kier alpha value is -1.80. The lowest BCUT2D eigenvalue weighted by molar-refractivity contribution is 0.194. The molecule has 0 heterocycles. The first-order valence-corrected chi connectivity index (χ1v) is 8.65. The Morgan fingerprint density at radius 3 is 2.30 bits per heavy atom. The van der Waals surface area contributed by atoms with E-state index in [9.17, 15) is 10.2 Å². The van der Waals surface area contributed by atoms with Gasteiger partial charge in [-0.05, 0) is 42.0 Å². The van der Waals surface area contributed by atoms with E-state index in [2.05, 4.69) is 31.2 Å². The number of unbranched alkanes of at least 4 members (excludes halogenated alkanes) is 2. The number of hydrogen-bond donors (Lipinski definition) is 2. The molecule has 0 saturated carbocycles. The molecule has 23 heavy (non-hydrogen) atoms. The van der Waals surface area contributed by atoms with Gasteiger partial charge in [-0.1, -0.05) is 62.2 Å². The molecule has 0 fully saturated rings. The number of aromatic hydroxyl groups is 1. The van der Waals surface area contributed by atoms with Gasteiger partial charge >= 0.3 is 0 Å². The van der Waals surface area contributed by atoms with Gasteiger partial charge in [-0.3, -0.25) is 0 Å². The van der Waals surface area contributed by atoms with E-state index in [1.165, 1.54) is 30.4 Å². The van der Waals surface area contributed by atoms with E-state index >= 15 is 0 Å². The smallest absolute Gasteiger partial charge is 0.122 e. The maximum atomic E-state index is 10.6. The van der Waals surface area contributed by atoms with Gasteiger partial charge in [0.25, 0.3) is 0 Å². The Morgan fingerprint density at radius 1 is 0.957 bits per heavy atom. The Kier molecular flexibility index (Phi) is 6.66. The van der Waals surface area contributed by atoms with Crippen LogP contribution in [0.4, 0.5) is 0 Å². The van der Waals surface area contributed by atoms with Crippen LogP contribution in [-0.2, 0) is 19.3 Å². The van der Waals surface area contributed by atoms with Crippen molar-refractivity contribution in [1.82, 2.24) is 0 Å². The van der Waals surface area contributed by atoms with E-state index in [1.807, 2.05) is 18.2 Å². The normalized spacial score (nSPS) is 12.3. The molecule has 0 amide bonds. The monoisotopic (exact) mass is 312 g/mol. The van der Waals surface area contributed by atoms with Crippen LogP contribution in [0.1, 0.15) is 55.4 Å². The minimum absolute atomic E-state index is 0.342. The first kappa shape index (κ1) is 17.6. The summed E-state index contributed by atoms with van der Waals surface area (Å²) in [5, 5.41) is 20.3. The predicted octanol–water partition coefficient (Wildman–Crippen LogP) is 4.64. The third-order valence-electron chi connectivity index (χ3n) is 4.15. The summed E-state index contributed by atoms with van der Waals surface area (Å²) in [4.78, 5) is 0.